The topological polar surface area (TPSA) is 56.9 Å². The normalized spacial score (nSPS) is 12.0. The van der Waals surface area contributed by atoms with E-state index in [9.17, 15) is 4.79 Å². The largest absolute Gasteiger partial charge is 0.361 e. The van der Waals surface area contributed by atoms with Crippen LogP contribution in [0.15, 0.2) is 91.1 Å². The van der Waals surface area contributed by atoms with E-state index in [0.717, 1.165) is 25.9 Å². The van der Waals surface area contributed by atoms with Gasteiger partial charge in [0.05, 0.1) is 6.04 Å². The summed E-state index contributed by atoms with van der Waals surface area (Å²) in [7, 11) is 0. The van der Waals surface area contributed by atoms with E-state index in [1.54, 1.807) is 6.92 Å². The van der Waals surface area contributed by atoms with E-state index in [1.165, 1.54) is 40.4 Å². The molecule has 4 nitrogen and oxygen atoms in total. The Labute approximate surface area is 230 Å². The summed E-state index contributed by atoms with van der Waals surface area (Å²) in [5, 5.41) is 8.24. The standard InChI is InChI=1S/C23H29N3O.C9H12.C2H6/c1-17(14-20-16-26-22-11-7-6-10-21(20)22)24-12-13-25-23(18(2)27)15-19-8-4-3-5-9-19;1-2-6-9-7-4-3-5-8-9;1-2/h3-11,16-17,23-26H,12-15H2,1-2H3;3-5,7-8H,2,6H2,1H3;1-2H3. The third-order valence-electron chi connectivity index (χ3n) is 6.36. The van der Waals surface area contributed by atoms with Gasteiger partial charge < -0.3 is 15.6 Å². The van der Waals surface area contributed by atoms with Gasteiger partial charge in [-0.3, -0.25) is 4.79 Å². The molecule has 2 atom stereocenters. The number of Topliss-reactive ketones (excluding diaryl/α,β-unsaturated/α-hetero) is 1. The molecular weight excluding hydrogens is 466 g/mol. The zero-order valence-electron chi connectivity index (χ0n) is 24.0. The molecule has 3 N–H and O–H groups in total. The van der Waals surface area contributed by atoms with Crippen molar-refractivity contribution in [2.75, 3.05) is 13.1 Å². The molecule has 0 saturated heterocycles. The van der Waals surface area contributed by atoms with Gasteiger partial charge in [-0.05, 0) is 55.9 Å². The van der Waals surface area contributed by atoms with Crippen molar-refractivity contribution in [1.29, 1.82) is 0 Å². The molecule has 1 aromatic heterocycles. The minimum Gasteiger partial charge on any atom is -0.361 e. The SMILES string of the molecule is CC.CC(=O)C(Cc1ccccc1)NCCNC(C)Cc1c[nH]c2ccccc12.CCCc1ccccc1. The van der Waals surface area contributed by atoms with Gasteiger partial charge in [0.1, 0.15) is 5.78 Å². The van der Waals surface area contributed by atoms with Crippen LogP contribution >= 0.6 is 0 Å². The molecule has 38 heavy (non-hydrogen) atoms. The maximum atomic E-state index is 11.9. The van der Waals surface area contributed by atoms with Crippen LogP contribution in [0, 0.1) is 0 Å². The summed E-state index contributed by atoms with van der Waals surface area (Å²) < 4.78 is 0. The lowest BCUT2D eigenvalue weighted by atomic mass is 10.0. The first-order chi connectivity index (χ1) is 18.6. The Morgan fingerprint density at radius 3 is 2.00 bits per heavy atom. The number of rotatable bonds is 12. The molecule has 0 amide bonds. The van der Waals surface area contributed by atoms with Gasteiger partial charge in [-0.1, -0.05) is 106 Å². The third kappa shape index (κ3) is 11.0. The van der Waals surface area contributed by atoms with Gasteiger partial charge in [-0.25, -0.2) is 0 Å². The maximum absolute atomic E-state index is 11.9. The highest BCUT2D eigenvalue weighted by Gasteiger charge is 2.14. The van der Waals surface area contributed by atoms with Gasteiger partial charge in [0.2, 0.25) is 0 Å². The Balaban J connectivity index is 0.000000387. The van der Waals surface area contributed by atoms with Crippen LogP contribution in [0.25, 0.3) is 10.9 Å². The van der Waals surface area contributed by atoms with E-state index in [1.807, 2.05) is 32.0 Å². The minimum atomic E-state index is -0.127. The molecule has 4 heteroatoms. The first-order valence-electron chi connectivity index (χ1n) is 14.2. The number of ketones is 1. The number of hydrogen-bond donors (Lipinski definition) is 3. The van der Waals surface area contributed by atoms with Crippen molar-refractivity contribution in [3.8, 4) is 0 Å². The predicted octanol–water partition coefficient (Wildman–Crippen LogP) is 7.14. The molecule has 3 aromatic carbocycles. The smallest absolute Gasteiger partial charge is 0.147 e. The number of aromatic nitrogens is 1. The fourth-order valence-electron chi connectivity index (χ4n) is 4.41. The summed E-state index contributed by atoms with van der Waals surface area (Å²) >= 11 is 0. The average molecular weight is 514 g/mol. The number of carbonyl (C=O) groups excluding carboxylic acids is 1. The molecule has 0 fully saturated rings. The molecule has 0 aliphatic heterocycles. The highest BCUT2D eigenvalue weighted by atomic mass is 16.1. The highest BCUT2D eigenvalue weighted by Crippen LogP contribution is 2.18. The van der Waals surface area contributed by atoms with Crippen molar-refractivity contribution in [1.82, 2.24) is 15.6 Å². The quantitative estimate of drug-likeness (QED) is 0.176. The number of aryl methyl sites for hydroxylation is 1. The first-order valence-corrected chi connectivity index (χ1v) is 14.2. The number of carbonyl (C=O) groups is 1. The summed E-state index contributed by atoms with van der Waals surface area (Å²) in [6.45, 7) is 11.7. The minimum absolute atomic E-state index is 0.127. The van der Waals surface area contributed by atoms with Crippen LogP contribution in [0.2, 0.25) is 0 Å². The Morgan fingerprint density at radius 1 is 0.789 bits per heavy atom. The summed E-state index contributed by atoms with van der Waals surface area (Å²) in [6.07, 6.45) is 6.27. The molecular formula is C34H47N3O. The van der Waals surface area contributed by atoms with Crippen LogP contribution in [0.5, 0.6) is 0 Å². The molecule has 0 bridgehead atoms. The lowest BCUT2D eigenvalue weighted by Gasteiger charge is -2.18. The van der Waals surface area contributed by atoms with E-state index in [0.29, 0.717) is 6.04 Å². The molecule has 204 valence electrons. The van der Waals surface area contributed by atoms with Crippen LogP contribution in [-0.2, 0) is 24.1 Å². The molecule has 0 saturated carbocycles. The Bertz CT molecular complexity index is 1150. The molecule has 0 spiro atoms. The lowest BCUT2D eigenvalue weighted by molar-refractivity contribution is -0.118. The fraction of sp³-hybridized carbons (Fsp3) is 0.382. The van der Waals surface area contributed by atoms with Crippen LogP contribution in [0.4, 0.5) is 0 Å². The summed E-state index contributed by atoms with van der Waals surface area (Å²) in [5.74, 6) is 0.186. The Kier molecular flexibility index (Phi) is 14.8. The highest BCUT2D eigenvalue weighted by molar-refractivity contribution is 5.83. The summed E-state index contributed by atoms with van der Waals surface area (Å²) in [4.78, 5) is 15.3. The second-order valence-electron chi connectivity index (χ2n) is 9.46. The lowest BCUT2D eigenvalue weighted by Crippen LogP contribution is -2.42. The monoisotopic (exact) mass is 513 g/mol. The molecule has 4 rings (SSSR count). The van der Waals surface area contributed by atoms with Crippen LogP contribution in [0.3, 0.4) is 0 Å². The zero-order valence-corrected chi connectivity index (χ0v) is 24.0. The van der Waals surface area contributed by atoms with E-state index < -0.39 is 0 Å². The Hall–Kier alpha value is -3.21. The van der Waals surface area contributed by atoms with E-state index >= 15 is 0 Å². The zero-order chi connectivity index (χ0) is 27.6. The van der Waals surface area contributed by atoms with Crippen LogP contribution in [-0.4, -0.2) is 35.9 Å². The van der Waals surface area contributed by atoms with Crippen molar-refractivity contribution in [2.45, 2.75) is 72.4 Å². The van der Waals surface area contributed by atoms with Crippen molar-refractivity contribution in [3.05, 3.63) is 108 Å². The van der Waals surface area contributed by atoms with E-state index in [4.69, 9.17) is 0 Å². The van der Waals surface area contributed by atoms with Gasteiger partial charge in [0.25, 0.3) is 0 Å². The number of para-hydroxylation sites is 1. The molecule has 4 aromatic rings. The van der Waals surface area contributed by atoms with E-state index in [-0.39, 0.29) is 11.8 Å². The number of benzene rings is 3. The molecule has 0 radical (unpaired) electrons. The number of hydrogen-bond acceptors (Lipinski definition) is 3. The van der Waals surface area contributed by atoms with Crippen molar-refractivity contribution < 1.29 is 4.79 Å². The van der Waals surface area contributed by atoms with Crippen LogP contribution < -0.4 is 10.6 Å². The summed E-state index contributed by atoms with van der Waals surface area (Å²) in [6, 6.07) is 29.4. The van der Waals surface area contributed by atoms with E-state index in [2.05, 4.69) is 102 Å². The van der Waals surface area contributed by atoms with Gasteiger partial charge in [-0.15, -0.1) is 0 Å². The number of aromatic amines is 1. The average Bonchev–Trinajstić information content (AvgIpc) is 3.35. The van der Waals surface area contributed by atoms with Gasteiger partial charge in [0, 0.05) is 36.2 Å². The third-order valence-corrected chi connectivity index (χ3v) is 6.36. The molecule has 1 heterocycles. The summed E-state index contributed by atoms with van der Waals surface area (Å²) in [5.41, 5.74) is 5.15. The van der Waals surface area contributed by atoms with Gasteiger partial charge in [-0.2, -0.15) is 0 Å². The number of H-pyrrole nitrogens is 1. The molecule has 0 aliphatic rings. The number of fused-ring (bicyclic) bond motifs is 1. The van der Waals surface area contributed by atoms with Crippen molar-refractivity contribution in [2.24, 2.45) is 0 Å². The second kappa shape index (κ2) is 18.1. The van der Waals surface area contributed by atoms with Crippen molar-refractivity contribution >= 4 is 16.7 Å². The van der Waals surface area contributed by atoms with Gasteiger partial charge >= 0.3 is 0 Å². The fourth-order valence-corrected chi connectivity index (χ4v) is 4.41. The second-order valence-corrected chi connectivity index (χ2v) is 9.46. The maximum Gasteiger partial charge on any atom is 0.147 e. The Morgan fingerprint density at radius 2 is 1.37 bits per heavy atom. The van der Waals surface area contributed by atoms with Crippen molar-refractivity contribution in [3.63, 3.8) is 0 Å². The van der Waals surface area contributed by atoms with Gasteiger partial charge in [0.15, 0.2) is 0 Å². The molecule has 0 aliphatic carbocycles. The van der Waals surface area contributed by atoms with Crippen LogP contribution in [0.1, 0.15) is 57.7 Å². The first kappa shape index (κ1) is 31.0. The predicted molar refractivity (Wildman–Crippen MR) is 164 cm³/mol. The number of nitrogens with one attached hydrogen (secondary N) is 3. The molecule has 2 unspecified atom stereocenters.